The second-order valence-corrected chi connectivity index (χ2v) is 7.95. The van der Waals surface area contributed by atoms with Crippen molar-refractivity contribution < 1.29 is 9.32 Å². The highest BCUT2D eigenvalue weighted by Gasteiger charge is 2.28. The number of urea groups is 1. The lowest BCUT2D eigenvalue weighted by atomic mass is 10.0. The van der Waals surface area contributed by atoms with Gasteiger partial charge in [-0.05, 0) is 37.8 Å². The third-order valence-corrected chi connectivity index (χ3v) is 5.92. The highest BCUT2D eigenvalue weighted by molar-refractivity contribution is 5.74. The Kier molecular flexibility index (Phi) is 5.90. The molecule has 1 aliphatic heterocycles. The number of aromatic nitrogens is 2. The number of hydrogen-bond acceptors (Lipinski definition) is 5. The van der Waals surface area contributed by atoms with Crippen molar-refractivity contribution in [2.45, 2.75) is 57.2 Å². The Bertz CT molecular complexity index is 764. The van der Waals surface area contributed by atoms with Gasteiger partial charge in [-0.1, -0.05) is 24.1 Å². The van der Waals surface area contributed by atoms with Crippen molar-refractivity contribution in [3.8, 4) is 11.4 Å². The number of pyridine rings is 1. The minimum Gasteiger partial charge on any atom is -0.359 e. The third kappa shape index (κ3) is 4.52. The molecule has 150 valence electrons. The Morgan fingerprint density at radius 2 is 2.00 bits per heavy atom. The molecule has 2 fully saturated rings. The zero-order valence-corrected chi connectivity index (χ0v) is 16.5. The number of nitrogens with one attached hydrogen (secondary N) is 1. The molecule has 0 aromatic carbocycles. The quantitative estimate of drug-likeness (QED) is 0.858. The van der Waals surface area contributed by atoms with Crippen LogP contribution in [0.3, 0.4) is 0 Å². The van der Waals surface area contributed by atoms with E-state index in [1.165, 1.54) is 25.7 Å². The molecule has 28 heavy (non-hydrogen) atoms. The van der Waals surface area contributed by atoms with Crippen molar-refractivity contribution in [1.82, 2.24) is 25.3 Å². The van der Waals surface area contributed by atoms with Gasteiger partial charge in [-0.2, -0.15) is 0 Å². The van der Waals surface area contributed by atoms with Gasteiger partial charge in [-0.15, -0.1) is 0 Å². The van der Waals surface area contributed by atoms with Gasteiger partial charge in [-0.3, -0.25) is 4.98 Å². The highest BCUT2D eigenvalue weighted by Crippen LogP contribution is 2.26. The summed E-state index contributed by atoms with van der Waals surface area (Å²) in [4.78, 5) is 21.1. The molecule has 4 rings (SSSR count). The molecule has 3 heterocycles. The maximum atomic E-state index is 12.6. The van der Waals surface area contributed by atoms with Gasteiger partial charge >= 0.3 is 6.03 Å². The molecule has 2 aliphatic rings. The van der Waals surface area contributed by atoms with E-state index in [2.05, 4.69) is 20.4 Å². The number of carbonyl (C=O) groups excluding carboxylic acids is 1. The van der Waals surface area contributed by atoms with Crippen molar-refractivity contribution >= 4 is 6.03 Å². The number of carbonyl (C=O) groups is 1. The zero-order valence-electron chi connectivity index (χ0n) is 16.5. The molecular weight excluding hydrogens is 354 g/mol. The fraction of sp³-hybridized carbons (Fsp3) is 0.571. The van der Waals surface area contributed by atoms with Crippen LogP contribution >= 0.6 is 0 Å². The van der Waals surface area contributed by atoms with E-state index in [1.807, 2.05) is 24.3 Å². The lowest BCUT2D eigenvalue weighted by Crippen LogP contribution is -2.49. The molecule has 1 saturated heterocycles. The van der Waals surface area contributed by atoms with E-state index in [4.69, 9.17) is 4.52 Å². The molecule has 2 aromatic rings. The van der Waals surface area contributed by atoms with Crippen LogP contribution in [0.4, 0.5) is 4.79 Å². The number of likely N-dealkylation sites (tertiary alicyclic amines) is 1. The molecule has 0 bridgehead atoms. The van der Waals surface area contributed by atoms with E-state index in [0.29, 0.717) is 18.0 Å². The Labute approximate surface area is 166 Å². The van der Waals surface area contributed by atoms with Crippen LogP contribution in [0.1, 0.15) is 44.3 Å². The molecule has 0 radical (unpaired) electrons. The lowest BCUT2D eigenvalue weighted by Gasteiger charge is -2.36. The monoisotopic (exact) mass is 383 g/mol. The third-order valence-electron chi connectivity index (χ3n) is 5.92. The van der Waals surface area contributed by atoms with Crippen molar-refractivity contribution in [2.24, 2.45) is 0 Å². The smallest absolute Gasteiger partial charge is 0.317 e. The summed E-state index contributed by atoms with van der Waals surface area (Å²) in [5, 5.41) is 7.23. The van der Waals surface area contributed by atoms with Gasteiger partial charge in [0.1, 0.15) is 5.69 Å². The van der Waals surface area contributed by atoms with Crippen LogP contribution in [0.25, 0.3) is 11.4 Å². The van der Waals surface area contributed by atoms with Gasteiger partial charge in [0.05, 0.1) is 12.2 Å². The van der Waals surface area contributed by atoms with Crippen molar-refractivity contribution in [1.29, 1.82) is 0 Å². The molecule has 1 N–H and O–H groups in total. The van der Waals surface area contributed by atoms with Crippen LogP contribution in [0.2, 0.25) is 0 Å². The number of rotatable bonds is 5. The summed E-state index contributed by atoms with van der Waals surface area (Å²) in [6.45, 7) is 2.57. The van der Waals surface area contributed by atoms with Crippen molar-refractivity contribution in [2.75, 3.05) is 20.1 Å². The molecule has 1 saturated carbocycles. The molecule has 7 nitrogen and oxygen atoms in total. The first-order chi connectivity index (χ1) is 13.7. The predicted molar refractivity (Wildman–Crippen MR) is 107 cm³/mol. The van der Waals surface area contributed by atoms with Crippen molar-refractivity contribution in [3.05, 3.63) is 36.2 Å². The van der Waals surface area contributed by atoms with Crippen LogP contribution < -0.4 is 5.32 Å². The summed E-state index contributed by atoms with van der Waals surface area (Å²) in [7, 11) is 1.78. The van der Waals surface area contributed by atoms with E-state index in [0.717, 1.165) is 37.7 Å². The van der Waals surface area contributed by atoms with E-state index in [9.17, 15) is 4.79 Å². The van der Waals surface area contributed by atoms with Gasteiger partial charge in [0.15, 0.2) is 5.76 Å². The average Bonchev–Trinajstić information content (AvgIpc) is 3.41. The summed E-state index contributed by atoms with van der Waals surface area (Å²) in [5.41, 5.74) is 1.45. The van der Waals surface area contributed by atoms with Crippen LogP contribution in [-0.4, -0.2) is 58.2 Å². The molecular formula is C21H29N5O2. The molecule has 0 spiro atoms. The summed E-state index contributed by atoms with van der Waals surface area (Å²) >= 11 is 0. The maximum Gasteiger partial charge on any atom is 0.317 e. The number of nitrogens with zero attached hydrogens (tertiary/aromatic N) is 4. The van der Waals surface area contributed by atoms with E-state index < -0.39 is 0 Å². The fourth-order valence-corrected chi connectivity index (χ4v) is 4.29. The number of piperidine rings is 1. The number of amides is 2. The zero-order chi connectivity index (χ0) is 19.3. The first-order valence-corrected chi connectivity index (χ1v) is 10.3. The fourth-order valence-electron chi connectivity index (χ4n) is 4.29. The molecule has 0 atom stereocenters. The molecule has 0 unspecified atom stereocenters. The Morgan fingerprint density at radius 1 is 1.21 bits per heavy atom. The van der Waals surface area contributed by atoms with Crippen LogP contribution in [-0.2, 0) is 6.54 Å². The number of hydrogen-bond donors (Lipinski definition) is 1. The van der Waals surface area contributed by atoms with Crippen LogP contribution in [0, 0.1) is 0 Å². The summed E-state index contributed by atoms with van der Waals surface area (Å²) in [5.74, 6) is 0.648. The lowest BCUT2D eigenvalue weighted by molar-refractivity contribution is 0.140. The first-order valence-electron chi connectivity index (χ1n) is 10.3. The maximum absolute atomic E-state index is 12.6. The average molecular weight is 383 g/mol. The molecule has 2 amide bonds. The molecule has 7 heteroatoms. The summed E-state index contributed by atoms with van der Waals surface area (Å²) in [6, 6.07) is 8.47. The Hall–Kier alpha value is -2.41. The first kappa shape index (κ1) is 18.9. The highest BCUT2D eigenvalue weighted by atomic mass is 16.5. The summed E-state index contributed by atoms with van der Waals surface area (Å²) < 4.78 is 5.38. The van der Waals surface area contributed by atoms with E-state index in [1.54, 1.807) is 18.1 Å². The molecule has 1 aliphatic carbocycles. The standard InChI is InChI=1S/C21H29N5O2/c1-25(15-18-14-20(24-28-18)19-8-4-5-11-22-19)21(27)23-16-9-12-26(13-10-16)17-6-2-3-7-17/h4-5,8,11,14,16-17H,2-3,6-7,9-10,12-13,15H2,1H3,(H,23,27). The molecule has 2 aromatic heterocycles. The second-order valence-electron chi connectivity index (χ2n) is 7.95. The van der Waals surface area contributed by atoms with Gasteiger partial charge in [0, 0.05) is 44.5 Å². The van der Waals surface area contributed by atoms with Gasteiger partial charge in [0.25, 0.3) is 0 Å². The Morgan fingerprint density at radius 3 is 2.71 bits per heavy atom. The minimum atomic E-state index is -0.0601. The predicted octanol–water partition coefficient (Wildman–Crippen LogP) is 3.29. The van der Waals surface area contributed by atoms with Gasteiger partial charge < -0.3 is 19.6 Å². The van der Waals surface area contributed by atoms with Crippen molar-refractivity contribution in [3.63, 3.8) is 0 Å². The largest absolute Gasteiger partial charge is 0.359 e. The van der Waals surface area contributed by atoms with E-state index >= 15 is 0 Å². The second kappa shape index (κ2) is 8.73. The van der Waals surface area contributed by atoms with Gasteiger partial charge in [-0.25, -0.2) is 4.79 Å². The van der Waals surface area contributed by atoms with Gasteiger partial charge in [0.2, 0.25) is 0 Å². The van der Waals surface area contributed by atoms with Crippen LogP contribution in [0.15, 0.2) is 35.0 Å². The van der Waals surface area contributed by atoms with E-state index in [-0.39, 0.29) is 12.1 Å². The van der Waals surface area contributed by atoms with Crippen LogP contribution in [0.5, 0.6) is 0 Å². The summed E-state index contributed by atoms with van der Waals surface area (Å²) in [6.07, 6.45) is 9.21. The topological polar surface area (TPSA) is 74.5 Å². The SMILES string of the molecule is CN(Cc1cc(-c2ccccn2)no1)C(=O)NC1CCN(C2CCCC2)CC1. The minimum absolute atomic E-state index is 0.0601. The normalized spacial score (nSPS) is 19.0. The Balaban J connectivity index is 1.24.